The number of nitrogens with zero attached hydrogens (tertiary/aromatic N) is 1. The summed E-state index contributed by atoms with van der Waals surface area (Å²) >= 11 is 0. The van der Waals surface area contributed by atoms with E-state index in [4.69, 9.17) is 4.74 Å². The summed E-state index contributed by atoms with van der Waals surface area (Å²) in [6.07, 6.45) is 1.90. The van der Waals surface area contributed by atoms with Gasteiger partial charge in [0.15, 0.2) is 0 Å². The number of aryl methyl sites for hydroxylation is 1. The van der Waals surface area contributed by atoms with Crippen molar-refractivity contribution in [2.75, 3.05) is 6.61 Å². The summed E-state index contributed by atoms with van der Waals surface area (Å²) in [5.41, 5.74) is 3.35. The molecule has 3 heterocycles. The monoisotopic (exact) mass is 281 g/mol. The van der Waals surface area contributed by atoms with Gasteiger partial charge in [0.25, 0.3) is 0 Å². The zero-order valence-corrected chi connectivity index (χ0v) is 12.4. The Morgan fingerprint density at radius 3 is 2.90 bits per heavy atom. The Balaban J connectivity index is 2.07. The van der Waals surface area contributed by atoms with Crippen LogP contribution in [0.5, 0.6) is 0 Å². The SMILES string of the molecule is C=C[C@H]1[C@H]2C(=O)n3c(c(C)c4ccccc43)[C@@H]1CO[C@@H]2C. The second-order valence-corrected chi connectivity index (χ2v) is 6.18. The number of carbonyl (C=O) groups excluding carboxylic acids is 1. The number of benzene rings is 1. The van der Waals surface area contributed by atoms with Crippen molar-refractivity contribution in [2.45, 2.75) is 25.9 Å². The highest BCUT2D eigenvalue weighted by Crippen LogP contribution is 2.47. The predicted molar refractivity (Wildman–Crippen MR) is 82.6 cm³/mol. The van der Waals surface area contributed by atoms with Crippen molar-refractivity contribution < 1.29 is 9.53 Å². The van der Waals surface area contributed by atoms with Crippen molar-refractivity contribution in [3.8, 4) is 0 Å². The predicted octanol–water partition coefficient (Wildman–Crippen LogP) is 3.52. The molecule has 0 saturated carbocycles. The van der Waals surface area contributed by atoms with Gasteiger partial charge in [0, 0.05) is 22.9 Å². The number of carbonyl (C=O) groups is 1. The lowest BCUT2D eigenvalue weighted by Gasteiger charge is -2.44. The van der Waals surface area contributed by atoms with Gasteiger partial charge in [-0.25, -0.2) is 0 Å². The molecule has 2 aliphatic rings. The number of hydrogen-bond acceptors (Lipinski definition) is 2. The smallest absolute Gasteiger partial charge is 0.237 e. The van der Waals surface area contributed by atoms with Gasteiger partial charge in [-0.1, -0.05) is 24.3 Å². The van der Waals surface area contributed by atoms with Crippen LogP contribution in [0.3, 0.4) is 0 Å². The number of allylic oxidation sites excluding steroid dienone is 1. The van der Waals surface area contributed by atoms with E-state index in [1.807, 2.05) is 35.8 Å². The first-order valence-electron chi connectivity index (χ1n) is 7.53. The van der Waals surface area contributed by atoms with Crippen LogP contribution in [-0.4, -0.2) is 23.2 Å². The first-order chi connectivity index (χ1) is 10.1. The first kappa shape index (κ1) is 12.8. The van der Waals surface area contributed by atoms with Crippen molar-refractivity contribution >= 4 is 16.8 Å². The molecule has 0 amide bonds. The standard InChI is InChI=1S/C18H19NO2/c1-4-12-14-9-21-11(3)16(12)18(20)19-15-8-6-5-7-13(15)10(2)17(14)19/h4-8,11-12,14,16H,1,9H2,2-3H3/t11-,12-,14-,16+/m1/s1. The Kier molecular flexibility index (Phi) is 2.64. The summed E-state index contributed by atoms with van der Waals surface area (Å²) in [5.74, 6) is 0.442. The van der Waals surface area contributed by atoms with Crippen LogP contribution in [0.1, 0.15) is 28.9 Å². The van der Waals surface area contributed by atoms with Crippen LogP contribution in [0.25, 0.3) is 10.9 Å². The van der Waals surface area contributed by atoms with Crippen LogP contribution in [0.15, 0.2) is 36.9 Å². The molecule has 1 aromatic carbocycles. The van der Waals surface area contributed by atoms with Gasteiger partial charge in [-0.05, 0) is 25.5 Å². The molecule has 2 aromatic rings. The topological polar surface area (TPSA) is 31.2 Å². The number of para-hydroxylation sites is 1. The fraction of sp³-hybridized carbons (Fsp3) is 0.389. The average Bonchev–Trinajstić information content (AvgIpc) is 2.80. The minimum absolute atomic E-state index is 0.0497. The van der Waals surface area contributed by atoms with Gasteiger partial charge in [-0.2, -0.15) is 0 Å². The van der Waals surface area contributed by atoms with E-state index in [0.29, 0.717) is 6.61 Å². The van der Waals surface area contributed by atoms with Crippen LogP contribution in [0, 0.1) is 18.8 Å². The van der Waals surface area contributed by atoms with Crippen molar-refractivity contribution in [1.29, 1.82) is 0 Å². The summed E-state index contributed by atoms with van der Waals surface area (Å²) < 4.78 is 7.82. The van der Waals surface area contributed by atoms with E-state index in [2.05, 4.69) is 19.6 Å². The van der Waals surface area contributed by atoms with Crippen LogP contribution in [0.2, 0.25) is 0 Å². The Labute approximate surface area is 124 Å². The van der Waals surface area contributed by atoms with Crippen molar-refractivity contribution in [1.82, 2.24) is 4.57 Å². The van der Waals surface area contributed by atoms with Gasteiger partial charge in [-0.15, -0.1) is 6.58 Å². The summed E-state index contributed by atoms with van der Waals surface area (Å²) in [5, 5.41) is 1.17. The largest absolute Gasteiger partial charge is 0.377 e. The van der Waals surface area contributed by atoms with Gasteiger partial charge in [-0.3, -0.25) is 9.36 Å². The van der Waals surface area contributed by atoms with Gasteiger partial charge in [0.05, 0.1) is 24.1 Å². The molecule has 108 valence electrons. The Morgan fingerprint density at radius 1 is 1.38 bits per heavy atom. The van der Waals surface area contributed by atoms with Crippen molar-refractivity contribution in [2.24, 2.45) is 11.8 Å². The minimum Gasteiger partial charge on any atom is -0.377 e. The number of ether oxygens (including phenoxy) is 1. The molecule has 3 heteroatoms. The summed E-state index contributed by atoms with van der Waals surface area (Å²) in [6.45, 7) is 8.75. The van der Waals surface area contributed by atoms with E-state index in [0.717, 1.165) is 11.2 Å². The van der Waals surface area contributed by atoms with E-state index in [9.17, 15) is 4.79 Å². The third kappa shape index (κ3) is 1.50. The number of aromatic nitrogens is 1. The first-order valence-corrected chi connectivity index (χ1v) is 7.53. The van der Waals surface area contributed by atoms with Gasteiger partial charge < -0.3 is 4.74 Å². The van der Waals surface area contributed by atoms with Gasteiger partial charge >= 0.3 is 0 Å². The molecule has 3 nitrogen and oxygen atoms in total. The van der Waals surface area contributed by atoms with E-state index < -0.39 is 0 Å². The molecular formula is C18H19NO2. The van der Waals surface area contributed by atoms with Crippen LogP contribution in [-0.2, 0) is 4.74 Å². The zero-order valence-electron chi connectivity index (χ0n) is 12.4. The fourth-order valence-electron chi connectivity index (χ4n) is 4.22. The maximum Gasteiger partial charge on any atom is 0.237 e. The van der Waals surface area contributed by atoms with Gasteiger partial charge in [0.2, 0.25) is 5.91 Å². The molecule has 0 aliphatic carbocycles. The highest BCUT2D eigenvalue weighted by molar-refractivity contribution is 5.98. The normalized spacial score (nSPS) is 31.2. The van der Waals surface area contributed by atoms with Crippen molar-refractivity contribution in [3.05, 3.63) is 48.2 Å². The third-order valence-corrected chi connectivity index (χ3v) is 5.23. The fourth-order valence-corrected chi connectivity index (χ4v) is 4.22. The van der Waals surface area contributed by atoms with Crippen LogP contribution in [0.4, 0.5) is 0 Å². The van der Waals surface area contributed by atoms with Crippen LogP contribution < -0.4 is 0 Å². The summed E-state index contributed by atoms with van der Waals surface area (Å²) in [4.78, 5) is 13.1. The third-order valence-electron chi connectivity index (χ3n) is 5.23. The molecule has 0 spiro atoms. The van der Waals surface area contributed by atoms with E-state index in [-0.39, 0.29) is 29.8 Å². The Morgan fingerprint density at radius 2 is 2.14 bits per heavy atom. The highest BCUT2D eigenvalue weighted by Gasteiger charge is 2.48. The second-order valence-electron chi connectivity index (χ2n) is 6.18. The Bertz CT molecular complexity index is 758. The molecule has 0 radical (unpaired) electrons. The lowest BCUT2D eigenvalue weighted by Crippen LogP contribution is -2.49. The number of rotatable bonds is 1. The molecule has 1 fully saturated rings. The van der Waals surface area contributed by atoms with Gasteiger partial charge in [0.1, 0.15) is 0 Å². The number of hydrogen-bond donors (Lipinski definition) is 0. The van der Waals surface area contributed by atoms with Crippen LogP contribution >= 0.6 is 0 Å². The summed E-state index contributed by atoms with van der Waals surface area (Å²) in [6, 6.07) is 8.17. The molecular weight excluding hydrogens is 262 g/mol. The number of fused-ring (bicyclic) bond motifs is 6. The lowest BCUT2D eigenvalue weighted by molar-refractivity contribution is -0.0487. The van der Waals surface area contributed by atoms with E-state index in [1.54, 1.807) is 0 Å². The maximum absolute atomic E-state index is 13.1. The zero-order chi connectivity index (χ0) is 14.7. The second kappa shape index (κ2) is 4.31. The highest BCUT2D eigenvalue weighted by atomic mass is 16.5. The summed E-state index contributed by atoms with van der Waals surface area (Å²) in [7, 11) is 0. The molecule has 4 atom stereocenters. The molecule has 0 N–H and O–H groups in total. The maximum atomic E-state index is 13.1. The molecule has 1 saturated heterocycles. The Hall–Kier alpha value is -1.87. The average molecular weight is 281 g/mol. The van der Waals surface area contributed by atoms with E-state index >= 15 is 0 Å². The molecule has 2 aliphatic heterocycles. The minimum atomic E-state index is -0.121. The molecule has 21 heavy (non-hydrogen) atoms. The van der Waals surface area contributed by atoms with Crippen molar-refractivity contribution in [3.63, 3.8) is 0 Å². The quantitative estimate of drug-likeness (QED) is 0.749. The molecule has 0 unspecified atom stereocenters. The molecule has 1 aromatic heterocycles. The molecule has 4 rings (SSSR count). The van der Waals surface area contributed by atoms with E-state index in [1.165, 1.54) is 10.9 Å². The lowest BCUT2D eigenvalue weighted by atomic mass is 9.72. The molecule has 2 bridgehead atoms.